The first kappa shape index (κ1) is 21.7. The number of hydrogen-bond acceptors (Lipinski definition) is 10. The van der Waals surface area contributed by atoms with Gasteiger partial charge < -0.3 is 30.5 Å². The summed E-state index contributed by atoms with van der Waals surface area (Å²) in [6.07, 6.45) is 8.77. The fourth-order valence-electron chi connectivity index (χ4n) is 4.50. The van der Waals surface area contributed by atoms with E-state index in [0.29, 0.717) is 12.0 Å². The van der Waals surface area contributed by atoms with Gasteiger partial charge in [-0.1, -0.05) is 0 Å². The van der Waals surface area contributed by atoms with E-state index in [1.165, 1.54) is 12.4 Å². The Morgan fingerprint density at radius 1 is 0.879 bits per heavy atom. The Hall–Kier alpha value is -3.08. The zero-order valence-electron chi connectivity index (χ0n) is 18.4. The molecule has 174 valence electrons. The Morgan fingerprint density at radius 2 is 1.55 bits per heavy atom. The molecule has 1 aliphatic carbocycles. The second kappa shape index (κ2) is 9.82. The van der Waals surface area contributed by atoms with Crippen LogP contribution in [0.15, 0.2) is 36.9 Å². The molecule has 2 aliphatic rings. The van der Waals surface area contributed by atoms with Crippen LogP contribution in [0.25, 0.3) is 11.0 Å². The second-order valence-electron chi connectivity index (χ2n) is 8.57. The lowest BCUT2D eigenvalue weighted by Gasteiger charge is -2.32. The third-order valence-electron chi connectivity index (χ3n) is 6.32. The predicted octanol–water partition coefficient (Wildman–Crippen LogP) is 2.07. The molecule has 2 fully saturated rings. The lowest BCUT2D eigenvalue weighted by molar-refractivity contribution is -0.0429. The van der Waals surface area contributed by atoms with E-state index >= 15 is 0 Å². The molecule has 5 rings (SSSR count). The summed E-state index contributed by atoms with van der Waals surface area (Å²) in [5, 5.41) is 25.4. The number of aliphatic hydroxyl groups excluding tert-OH is 1. The van der Waals surface area contributed by atoms with Crippen LogP contribution in [0.3, 0.4) is 0 Å². The van der Waals surface area contributed by atoms with Crippen molar-refractivity contribution in [3.05, 3.63) is 42.5 Å². The van der Waals surface area contributed by atoms with Crippen LogP contribution >= 0.6 is 0 Å². The highest BCUT2D eigenvalue weighted by Crippen LogP contribution is 2.31. The largest absolute Gasteiger partial charge is 0.380 e. The Kier molecular flexibility index (Phi) is 6.47. The Labute approximate surface area is 192 Å². The molecule has 1 aliphatic heterocycles. The standard InChI is InChI=1S/C23H29N7O3/c31-22(32)15-13-26-23(27-14-15)29-17-3-1-16(2-4-17)28-20-12-18(30-7-9-33-10-8-30)11-19-21(20)25-6-5-24-19/h5-6,11-14,16-17,22,28,31-32H,1-4,7-10H2,(H,26,27,29)/t16-,17+. The number of morpholine rings is 1. The molecule has 1 saturated heterocycles. The molecule has 0 atom stereocenters. The molecule has 1 saturated carbocycles. The van der Waals surface area contributed by atoms with Crippen LogP contribution in [0, 0.1) is 0 Å². The molecular weight excluding hydrogens is 422 g/mol. The van der Waals surface area contributed by atoms with Gasteiger partial charge in [0.2, 0.25) is 5.95 Å². The van der Waals surface area contributed by atoms with Gasteiger partial charge in [-0.15, -0.1) is 0 Å². The van der Waals surface area contributed by atoms with Crippen molar-refractivity contribution in [1.82, 2.24) is 19.9 Å². The number of nitrogens with zero attached hydrogens (tertiary/aromatic N) is 5. The molecule has 2 aromatic heterocycles. The fraction of sp³-hybridized carbons (Fsp3) is 0.478. The lowest BCUT2D eigenvalue weighted by atomic mass is 9.91. The highest BCUT2D eigenvalue weighted by molar-refractivity contribution is 5.91. The molecule has 0 spiro atoms. The maximum Gasteiger partial charge on any atom is 0.222 e. The molecule has 0 unspecified atom stereocenters. The third kappa shape index (κ3) is 5.13. The van der Waals surface area contributed by atoms with E-state index in [4.69, 9.17) is 4.74 Å². The van der Waals surface area contributed by atoms with Gasteiger partial charge in [-0.2, -0.15) is 0 Å². The van der Waals surface area contributed by atoms with Crippen molar-refractivity contribution in [3.63, 3.8) is 0 Å². The average molecular weight is 452 g/mol. The summed E-state index contributed by atoms with van der Waals surface area (Å²) in [6, 6.07) is 4.93. The van der Waals surface area contributed by atoms with E-state index in [-0.39, 0.29) is 11.6 Å². The first-order valence-electron chi connectivity index (χ1n) is 11.4. The number of nitrogens with one attached hydrogen (secondary N) is 2. The van der Waals surface area contributed by atoms with E-state index in [1.54, 1.807) is 12.4 Å². The molecule has 1 aromatic carbocycles. The van der Waals surface area contributed by atoms with E-state index in [2.05, 4.69) is 47.6 Å². The molecular formula is C23H29N7O3. The molecule has 0 amide bonds. The number of aromatic nitrogens is 4. The summed E-state index contributed by atoms with van der Waals surface area (Å²) in [5.41, 5.74) is 4.25. The first-order valence-corrected chi connectivity index (χ1v) is 11.4. The van der Waals surface area contributed by atoms with Crippen LogP contribution in [0.2, 0.25) is 0 Å². The van der Waals surface area contributed by atoms with Crippen LogP contribution in [-0.4, -0.2) is 68.5 Å². The van der Waals surface area contributed by atoms with Gasteiger partial charge in [-0.3, -0.25) is 9.97 Å². The fourth-order valence-corrected chi connectivity index (χ4v) is 4.50. The molecule has 10 heteroatoms. The molecule has 33 heavy (non-hydrogen) atoms. The van der Waals surface area contributed by atoms with Gasteiger partial charge in [0.05, 0.1) is 24.4 Å². The first-order chi connectivity index (χ1) is 16.2. The molecule has 0 bridgehead atoms. The van der Waals surface area contributed by atoms with Gasteiger partial charge in [-0.05, 0) is 37.8 Å². The normalized spacial score (nSPS) is 21.4. The minimum atomic E-state index is -1.55. The molecule has 10 nitrogen and oxygen atoms in total. The van der Waals surface area contributed by atoms with Gasteiger partial charge in [0.1, 0.15) is 5.52 Å². The van der Waals surface area contributed by atoms with Crippen molar-refractivity contribution in [3.8, 4) is 0 Å². The van der Waals surface area contributed by atoms with Gasteiger partial charge in [0.15, 0.2) is 6.29 Å². The highest BCUT2D eigenvalue weighted by atomic mass is 16.5. The Bertz CT molecular complexity index is 1070. The number of ether oxygens (including phenoxy) is 1. The summed E-state index contributed by atoms with van der Waals surface area (Å²) in [5.74, 6) is 0.510. The van der Waals surface area contributed by atoms with Crippen molar-refractivity contribution in [1.29, 1.82) is 0 Å². The average Bonchev–Trinajstić information content (AvgIpc) is 2.86. The number of benzene rings is 1. The van der Waals surface area contributed by atoms with Gasteiger partial charge >= 0.3 is 0 Å². The second-order valence-corrected chi connectivity index (χ2v) is 8.57. The summed E-state index contributed by atoms with van der Waals surface area (Å²) in [4.78, 5) is 19.8. The topological polar surface area (TPSA) is 129 Å². The van der Waals surface area contributed by atoms with Crippen LogP contribution in [0.4, 0.5) is 17.3 Å². The SMILES string of the molecule is OC(O)c1cnc(N[C@H]2CC[C@@H](Nc3cc(N4CCOCC4)cc4nccnc34)CC2)nc1. The van der Waals surface area contributed by atoms with E-state index in [1.807, 2.05) is 0 Å². The quantitative estimate of drug-likeness (QED) is 0.413. The van der Waals surface area contributed by atoms with Crippen molar-refractivity contribution in [2.75, 3.05) is 41.8 Å². The molecule has 4 N–H and O–H groups in total. The van der Waals surface area contributed by atoms with Crippen molar-refractivity contribution < 1.29 is 14.9 Å². The minimum Gasteiger partial charge on any atom is -0.380 e. The van der Waals surface area contributed by atoms with Gasteiger partial charge in [0.25, 0.3) is 0 Å². The maximum atomic E-state index is 9.18. The number of rotatable bonds is 6. The van der Waals surface area contributed by atoms with Crippen molar-refractivity contribution in [2.45, 2.75) is 44.1 Å². The zero-order chi connectivity index (χ0) is 22.6. The van der Waals surface area contributed by atoms with Gasteiger partial charge in [0, 0.05) is 61.2 Å². The Morgan fingerprint density at radius 3 is 2.24 bits per heavy atom. The van der Waals surface area contributed by atoms with Crippen molar-refractivity contribution in [2.24, 2.45) is 0 Å². The number of hydrogen-bond donors (Lipinski definition) is 4. The van der Waals surface area contributed by atoms with Crippen LogP contribution in [-0.2, 0) is 4.74 Å². The number of fused-ring (bicyclic) bond motifs is 1. The highest BCUT2D eigenvalue weighted by Gasteiger charge is 2.23. The summed E-state index contributed by atoms with van der Waals surface area (Å²) in [6.45, 7) is 3.24. The van der Waals surface area contributed by atoms with Crippen LogP contribution < -0.4 is 15.5 Å². The Balaban J connectivity index is 1.24. The molecule has 3 aromatic rings. The maximum absolute atomic E-state index is 9.18. The van der Waals surface area contributed by atoms with E-state index in [0.717, 1.165) is 74.4 Å². The van der Waals surface area contributed by atoms with Crippen LogP contribution in [0.5, 0.6) is 0 Å². The number of aliphatic hydroxyl groups is 2. The van der Waals surface area contributed by atoms with Gasteiger partial charge in [-0.25, -0.2) is 9.97 Å². The van der Waals surface area contributed by atoms with E-state index < -0.39 is 6.29 Å². The zero-order valence-corrected chi connectivity index (χ0v) is 18.4. The lowest BCUT2D eigenvalue weighted by Crippen LogP contribution is -2.36. The monoisotopic (exact) mass is 451 g/mol. The smallest absolute Gasteiger partial charge is 0.222 e. The van der Waals surface area contributed by atoms with Crippen LogP contribution in [0.1, 0.15) is 37.5 Å². The molecule has 3 heterocycles. The third-order valence-corrected chi connectivity index (χ3v) is 6.32. The van der Waals surface area contributed by atoms with Crippen molar-refractivity contribution >= 4 is 28.4 Å². The number of anilines is 3. The summed E-state index contributed by atoms with van der Waals surface area (Å²) >= 11 is 0. The minimum absolute atomic E-state index is 0.281. The van der Waals surface area contributed by atoms with E-state index in [9.17, 15) is 10.2 Å². The summed E-state index contributed by atoms with van der Waals surface area (Å²) < 4.78 is 5.51. The molecule has 0 radical (unpaired) electrons. The predicted molar refractivity (Wildman–Crippen MR) is 125 cm³/mol. The summed E-state index contributed by atoms with van der Waals surface area (Å²) in [7, 11) is 0.